The second-order valence-electron chi connectivity index (χ2n) is 9.06. The van der Waals surface area contributed by atoms with Crippen molar-refractivity contribution >= 4 is 46.4 Å². The Bertz CT molecular complexity index is 1400. The summed E-state index contributed by atoms with van der Waals surface area (Å²) in [6.45, 7) is -0.318. The van der Waals surface area contributed by atoms with E-state index < -0.39 is 0 Å². The molecule has 0 fully saturated rings. The number of para-hydroxylation sites is 2. The molecule has 0 aliphatic carbocycles. The van der Waals surface area contributed by atoms with Gasteiger partial charge >= 0.3 is 0 Å². The number of rotatable bonds is 13. The molecule has 0 spiro atoms. The van der Waals surface area contributed by atoms with Gasteiger partial charge in [0.25, 0.3) is 11.8 Å². The average Bonchev–Trinajstić information content (AvgIpc) is 2.99. The van der Waals surface area contributed by atoms with Crippen LogP contribution in [0.4, 0.5) is 22.7 Å². The van der Waals surface area contributed by atoms with Crippen LogP contribution in [0.5, 0.6) is 11.5 Å². The van der Waals surface area contributed by atoms with Gasteiger partial charge in [-0.3, -0.25) is 19.2 Å². The third kappa shape index (κ3) is 10.2. The van der Waals surface area contributed by atoms with E-state index in [4.69, 9.17) is 9.47 Å². The van der Waals surface area contributed by atoms with Gasteiger partial charge in [0.2, 0.25) is 11.8 Å². The topological polar surface area (TPSA) is 135 Å². The van der Waals surface area contributed by atoms with Gasteiger partial charge in [0.1, 0.15) is 11.5 Å². The van der Waals surface area contributed by atoms with E-state index in [0.29, 0.717) is 34.2 Å². The van der Waals surface area contributed by atoms with Crippen LogP contribution in [-0.2, 0) is 19.2 Å². The summed E-state index contributed by atoms with van der Waals surface area (Å²) < 4.78 is 10.9. The Morgan fingerprint density at radius 3 is 1.12 bits per heavy atom. The number of anilines is 4. The lowest BCUT2D eigenvalue weighted by atomic mass is 10.2. The molecule has 42 heavy (non-hydrogen) atoms. The van der Waals surface area contributed by atoms with E-state index in [9.17, 15) is 19.2 Å². The Morgan fingerprint density at radius 2 is 0.762 bits per heavy atom. The van der Waals surface area contributed by atoms with E-state index in [2.05, 4.69) is 21.3 Å². The molecule has 10 nitrogen and oxygen atoms in total. The number of hydrogen-bond acceptors (Lipinski definition) is 6. The first-order chi connectivity index (χ1) is 20.4. The number of benzene rings is 4. The molecule has 0 unspecified atom stereocenters. The molecule has 4 N–H and O–H groups in total. The summed E-state index contributed by atoms with van der Waals surface area (Å²) in [5.74, 6) is -0.240. The predicted octanol–water partition coefficient (Wildman–Crippen LogP) is 5.08. The number of hydrogen-bond donors (Lipinski definition) is 4. The van der Waals surface area contributed by atoms with Gasteiger partial charge in [-0.1, -0.05) is 48.5 Å². The van der Waals surface area contributed by atoms with Gasteiger partial charge in [0, 0.05) is 35.6 Å². The van der Waals surface area contributed by atoms with Crippen molar-refractivity contribution in [1.29, 1.82) is 0 Å². The number of ether oxygens (including phenoxy) is 2. The van der Waals surface area contributed by atoms with Crippen molar-refractivity contribution in [3.63, 3.8) is 0 Å². The predicted molar refractivity (Wildman–Crippen MR) is 161 cm³/mol. The van der Waals surface area contributed by atoms with E-state index in [1.807, 2.05) is 36.4 Å². The van der Waals surface area contributed by atoms with Crippen molar-refractivity contribution in [3.05, 3.63) is 109 Å². The van der Waals surface area contributed by atoms with Crippen molar-refractivity contribution in [3.8, 4) is 11.5 Å². The Labute approximate surface area is 243 Å². The molecule has 10 heteroatoms. The minimum atomic E-state index is -0.361. The first-order valence-corrected chi connectivity index (χ1v) is 13.2. The summed E-state index contributed by atoms with van der Waals surface area (Å²) in [4.78, 5) is 49.3. The molecule has 0 saturated carbocycles. The molecular weight excluding hydrogens is 536 g/mol. The number of amides is 4. The van der Waals surface area contributed by atoms with Gasteiger partial charge < -0.3 is 30.7 Å². The fourth-order valence-corrected chi connectivity index (χ4v) is 3.75. The monoisotopic (exact) mass is 566 g/mol. The van der Waals surface area contributed by atoms with Gasteiger partial charge in [0.05, 0.1) is 0 Å². The lowest BCUT2D eigenvalue weighted by molar-refractivity contribution is -0.121. The molecule has 0 aromatic heterocycles. The van der Waals surface area contributed by atoms with Crippen LogP contribution in [0.15, 0.2) is 109 Å². The van der Waals surface area contributed by atoms with Gasteiger partial charge in [-0.15, -0.1) is 0 Å². The van der Waals surface area contributed by atoms with Crippen molar-refractivity contribution in [1.82, 2.24) is 0 Å². The highest BCUT2D eigenvalue weighted by molar-refractivity contribution is 5.98. The molecule has 0 bridgehead atoms. The summed E-state index contributed by atoms with van der Waals surface area (Å²) in [5.41, 5.74) is 1.93. The molecule has 0 saturated heterocycles. The highest BCUT2D eigenvalue weighted by atomic mass is 16.5. The fourth-order valence-electron chi connectivity index (χ4n) is 3.75. The Morgan fingerprint density at radius 1 is 0.429 bits per heavy atom. The zero-order chi connectivity index (χ0) is 29.6. The maximum absolute atomic E-state index is 12.4. The minimum Gasteiger partial charge on any atom is -0.484 e. The number of carbonyl (C=O) groups excluding carboxylic acids is 4. The van der Waals surface area contributed by atoms with E-state index >= 15 is 0 Å². The Hall–Kier alpha value is -5.64. The van der Waals surface area contributed by atoms with Crippen molar-refractivity contribution in [2.75, 3.05) is 34.5 Å². The fraction of sp³-hybridized carbons (Fsp3) is 0.125. The zero-order valence-corrected chi connectivity index (χ0v) is 22.7. The zero-order valence-electron chi connectivity index (χ0n) is 22.7. The summed E-state index contributed by atoms with van der Waals surface area (Å²) in [6, 6.07) is 31.3. The van der Waals surface area contributed by atoms with Gasteiger partial charge in [-0.05, 0) is 60.7 Å². The second-order valence-corrected chi connectivity index (χ2v) is 9.06. The van der Waals surface area contributed by atoms with Gasteiger partial charge in [0.15, 0.2) is 13.2 Å². The maximum Gasteiger partial charge on any atom is 0.262 e. The maximum atomic E-state index is 12.4. The van der Waals surface area contributed by atoms with Crippen LogP contribution in [0.3, 0.4) is 0 Å². The quantitative estimate of drug-likeness (QED) is 0.178. The Kier molecular flexibility index (Phi) is 10.6. The molecule has 0 aliphatic rings. The first kappa shape index (κ1) is 29.3. The summed E-state index contributed by atoms with van der Waals surface area (Å²) >= 11 is 0. The normalized spacial score (nSPS) is 10.2. The van der Waals surface area contributed by atoms with Crippen molar-refractivity contribution in [2.45, 2.75) is 12.8 Å². The second kappa shape index (κ2) is 15.2. The van der Waals surface area contributed by atoms with Gasteiger partial charge in [-0.2, -0.15) is 0 Å². The van der Waals surface area contributed by atoms with Crippen molar-refractivity contribution in [2.24, 2.45) is 0 Å². The van der Waals surface area contributed by atoms with Crippen molar-refractivity contribution < 1.29 is 28.7 Å². The minimum absolute atomic E-state index is 0.0550. The van der Waals surface area contributed by atoms with Crippen LogP contribution in [-0.4, -0.2) is 36.8 Å². The van der Waals surface area contributed by atoms with Crippen LogP contribution < -0.4 is 30.7 Å². The van der Waals surface area contributed by atoms with Crippen LogP contribution in [0, 0.1) is 0 Å². The largest absolute Gasteiger partial charge is 0.484 e. The Balaban J connectivity index is 1.18. The smallest absolute Gasteiger partial charge is 0.262 e. The SMILES string of the molecule is O=C(CCC(=O)Nc1cccc(NC(=O)COc2ccccc2)c1)Nc1cccc(NC(=O)COc2ccccc2)c1. The molecule has 0 atom stereocenters. The van der Waals surface area contributed by atoms with Crippen LogP contribution in [0.25, 0.3) is 0 Å². The summed E-state index contributed by atoms with van der Waals surface area (Å²) in [5, 5.41) is 10.9. The molecule has 214 valence electrons. The van der Waals surface area contributed by atoms with E-state index in [1.165, 1.54) is 0 Å². The van der Waals surface area contributed by atoms with Crippen LogP contribution in [0.1, 0.15) is 12.8 Å². The molecule has 4 aromatic carbocycles. The lowest BCUT2D eigenvalue weighted by Crippen LogP contribution is -2.21. The molecule has 4 amide bonds. The molecule has 0 aliphatic heterocycles. The highest BCUT2D eigenvalue weighted by Gasteiger charge is 2.10. The first-order valence-electron chi connectivity index (χ1n) is 13.2. The number of carbonyl (C=O) groups is 4. The average molecular weight is 567 g/mol. The van der Waals surface area contributed by atoms with E-state index in [1.54, 1.807) is 72.8 Å². The van der Waals surface area contributed by atoms with Crippen LogP contribution in [0.2, 0.25) is 0 Å². The third-order valence-electron chi connectivity index (χ3n) is 5.67. The third-order valence-corrected chi connectivity index (χ3v) is 5.67. The highest BCUT2D eigenvalue weighted by Crippen LogP contribution is 2.18. The lowest BCUT2D eigenvalue weighted by Gasteiger charge is -2.11. The summed E-state index contributed by atoms with van der Waals surface area (Å²) in [6.07, 6.45) is -0.110. The molecule has 4 rings (SSSR count). The molecule has 0 heterocycles. The number of nitrogens with one attached hydrogen (secondary N) is 4. The summed E-state index contributed by atoms with van der Waals surface area (Å²) in [7, 11) is 0. The molecular formula is C32H30N4O6. The van der Waals surface area contributed by atoms with E-state index in [-0.39, 0.29) is 49.7 Å². The van der Waals surface area contributed by atoms with E-state index in [0.717, 1.165) is 0 Å². The van der Waals surface area contributed by atoms with Crippen LogP contribution >= 0.6 is 0 Å². The van der Waals surface area contributed by atoms with Gasteiger partial charge in [-0.25, -0.2) is 0 Å². The molecule has 0 radical (unpaired) electrons. The standard InChI is InChI=1S/C32H30N4O6/c37-29(33-23-9-7-11-25(19-23)35-31(39)21-41-27-13-3-1-4-14-27)17-18-30(38)34-24-10-8-12-26(20-24)36-32(40)22-42-28-15-5-2-6-16-28/h1-16,19-20H,17-18,21-22H2,(H,33,37)(H,34,38)(H,35,39)(H,36,40). The molecule has 4 aromatic rings.